The predicted octanol–water partition coefficient (Wildman–Crippen LogP) is 4.63. The predicted molar refractivity (Wildman–Crippen MR) is 77.2 cm³/mol. The first kappa shape index (κ1) is 15.3. The summed E-state index contributed by atoms with van der Waals surface area (Å²) in [5.41, 5.74) is 0.801. The smallest absolute Gasteiger partial charge is 0.320 e. The number of halogens is 4. The Bertz CT molecular complexity index is 424. The van der Waals surface area contributed by atoms with Crippen molar-refractivity contribution in [1.82, 2.24) is 0 Å². The molecule has 0 aliphatic carbocycles. The Morgan fingerprint density at radius 2 is 2.06 bits per heavy atom. The van der Waals surface area contributed by atoms with E-state index in [1.807, 2.05) is 6.07 Å². The number of ether oxygens (including phenoxy) is 1. The topological polar surface area (TPSA) is 26.3 Å². The molecule has 2 nitrogen and oxygen atoms in total. The summed E-state index contributed by atoms with van der Waals surface area (Å²) >= 11 is 18.6. The molecule has 0 saturated carbocycles. The Balaban J connectivity index is 2.82. The molecule has 0 aliphatic heterocycles. The number of carbonyl (C=O) groups excluding carboxylic acids is 1. The van der Waals surface area contributed by atoms with E-state index in [-0.39, 0.29) is 5.97 Å². The van der Waals surface area contributed by atoms with Crippen molar-refractivity contribution in [3.8, 4) is 0 Å². The van der Waals surface area contributed by atoms with Crippen LogP contribution in [-0.4, -0.2) is 17.4 Å². The summed E-state index contributed by atoms with van der Waals surface area (Å²) in [7, 11) is 0. The number of hydrogen-bond acceptors (Lipinski definition) is 2. The van der Waals surface area contributed by atoms with Crippen molar-refractivity contribution in [3.05, 3.63) is 32.2 Å². The summed E-state index contributed by atoms with van der Waals surface area (Å²) in [6, 6.07) is 3.63. The molecule has 1 atom stereocenters. The van der Waals surface area contributed by atoms with Gasteiger partial charge in [-0.25, -0.2) is 0 Å². The van der Waals surface area contributed by atoms with Gasteiger partial charge in [-0.3, -0.25) is 4.79 Å². The van der Waals surface area contributed by atoms with Crippen LogP contribution in [-0.2, 0) is 16.0 Å². The van der Waals surface area contributed by atoms with E-state index in [2.05, 4.69) is 31.9 Å². The fraction of sp³-hybridized carbons (Fsp3) is 0.364. The lowest BCUT2D eigenvalue weighted by Crippen LogP contribution is -2.19. The second-order valence-corrected chi connectivity index (χ2v) is 5.97. The maximum atomic E-state index is 11.5. The highest BCUT2D eigenvalue weighted by Gasteiger charge is 2.19. The molecule has 0 aliphatic rings. The van der Waals surface area contributed by atoms with Crippen molar-refractivity contribution in [2.75, 3.05) is 6.61 Å². The third-order valence-electron chi connectivity index (χ3n) is 2.06. The van der Waals surface area contributed by atoms with Gasteiger partial charge in [0.1, 0.15) is 4.83 Å². The molecule has 1 unspecified atom stereocenters. The van der Waals surface area contributed by atoms with Gasteiger partial charge in [0.05, 0.1) is 16.7 Å². The normalized spacial score (nSPS) is 12.3. The van der Waals surface area contributed by atoms with Crippen LogP contribution in [0.5, 0.6) is 0 Å². The van der Waals surface area contributed by atoms with Crippen molar-refractivity contribution in [3.63, 3.8) is 0 Å². The Kier molecular flexibility index (Phi) is 6.27. The third-order valence-corrected chi connectivity index (χ3v) is 4.56. The Labute approximate surface area is 127 Å². The fourth-order valence-corrected chi connectivity index (χ4v) is 2.58. The van der Waals surface area contributed by atoms with Gasteiger partial charge in [0.25, 0.3) is 0 Å². The summed E-state index contributed by atoms with van der Waals surface area (Å²) in [6.45, 7) is 2.12. The van der Waals surface area contributed by atoms with E-state index in [1.165, 1.54) is 0 Å². The first-order valence-electron chi connectivity index (χ1n) is 4.90. The van der Waals surface area contributed by atoms with E-state index in [4.69, 9.17) is 27.9 Å². The van der Waals surface area contributed by atoms with Gasteiger partial charge in [-0.05, 0) is 40.9 Å². The highest BCUT2D eigenvalue weighted by Crippen LogP contribution is 2.34. The molecule has 6 heteroatoms. The number of esters is 1. The van der Waals surface area contributed by atoms with E-state index < -0.39 is 4.83 Å². The van der Waals surface area contributed by atoms with E-state index in [1.54, 1.807) is 13.0 Å². The molecule has 0 bridgehead atoms. The van der Waals surface area contributed by atoms with Crippen LogP contribution >= 0.6 is 55.1 Å². The summed E-state index contributed by atoms with van der Waals surface area (Å²) in [6.07, 6.45) is 0.435. The minimum Gasteiger partial charge on any atom is -0.465 e. The molecule has 0 amide bonds. The lowest BCUT2D eigenvalue weighted by molar-refractivity contribution is -0.142. The first-order chi connectivity index (χ1) is 7.97. The number of carbonyl (C=O) groups is 1. The van der Waals surface area contributed by atoms with Gasteiger partial charge in [-0.15, -0.1) is 0 Å². The van der Waals surface area contributed by atoms with Crippen LogP contribution in [0, 0.1) is 0 Å². The Morgan fingerprint density at radius 1 is 1.41 bits per heavy atom. The summed E-state index contributed by atoms with van der Waals surface area (Å²) in [5, 5.41) is 0.905. The maximum absolute atomic E-state index is 11.5. The molecule has 1 aromatic rings. The largest absolute Gasteiger partial charge is 0.465 e. The zero-order valence-electron chi connectivity index (χ0n) is 8.97. The number of benzene rings is 1. The molecule has 1 aromatic carbocycles. The minimum atomic E-state index is -0.419. The monoisotopic (exact) mass is 402 g/mol. The SMILES string of the molecule is CCOC(=O)C(Br)Cc1ccc(Br)c(Cl)c1Cl. The van der Waals surface area contributed by atoms with Gasteiger partial charge in [0, 0.05) is 4.47 Å². The maximum Gasteiger partial charge on any atom is 0.320 e. The van der Waals surface area contributed by atoms with Crippen molar-refractivity contribution in [1.29, 1.82) is 0 Å². The molecule has 17 heavy (non-hydrogen) atoms. The molecule has 0 saturated heterocycles. The van der Waals surface area contributed by atoms with Gasteiger partial charge in [-0.2, -0.15) is 0 Å². The average molecular weight is 405 g/mol. The van der Waals surface area contributed by atoms with E-state index in [0.29, 0.717) is 23.1 Å². The van der Waals surface area contributed by atoms with Crippen LogP contribution in [0.1, 0.15) is 12.5 Å². The quantitative estimate of drug-likeness (QED) is 0.415. The van der Waals surface area contributed by atoms with Crippen LogP contribution in [0.2, 0.25) is 10.0 Å². The van der Waals surface area contributed by atoms with Crippen LogP contribution < -0.4 is 0 Å². The molecule has 0 spiro atoms. The molecule has 0 heterocycles. The van der Waals surface area contributed by atoms with Gasteiger partial charge in [0.2, 0.25) is 0 Å². The van der Waals surface area contributed by atoms with Crippen molar-refractivity contribution < 1.29 is 9.53 Å². The van der Waals surface area contributed by atoms with Crippen LogP contribution in [0.25, 0.3) is 0 Å². The third kappa shape index (κ3) is 4.12. The van der Waals surface area contributed by atoms with E-state index >= 15 is 0 Å². The Morgan fingerprint density at radius 3 is 2.65 bits per heavy atom. The van der Waals surface area contributed by atoms with Gasteiger partial charge in [-0.1, -0.05) is 45.2 Å². The molecule has 0 fully saturated rings. The lowest BCUT2D eigenvalue weighted by Gasteiger charge is -2.11. The van der Waals surface area contributed by atoms with Crippen LogP contribution in [0.15, 0.2) is 16.6 Å². The second kappa shape index (κ2) is 6.98. The van der Waals surface area contributed by atoms with Crippen molar-refractivity contribution in [2.24, 2.45) is 0 Å². The standard InChI is InChI=1S/C11H10Br2Cl2O2/c1-2-17-11(16)8(13)5-6-3-4-7(12)10(15)9(6)14/h3-4,8H,2,5H2,1H3. The molecule has 1 rings (SSSR count). The van der Waals surface area contributed by atoms with Gasteiger partial charge < -0.3 is 4.74 Å². The van der Waals surface area contributed by atoms with Crippen LogP contribution in [0.4, 0.5) is 0 Å². The van der Waals surface area contributed by atoms with E-state index in [0.717, 1.165) is 10.0 Å². The van der Waals surface area contributed by atoms with Crippen molar-refractivity contribution >= 4 is 61.0 Å². The number of alkyl halides is 1. The second-order valence-electron chi connectivity index (χ2n) is 3.26. The highest BCUT2D eigenvalue weighted by atomic mass is 79.9. The summed E-state index contributed by atoms with van der Waals surface area (Å²) in [4.78, 5) is 11.0. The minimum absolute atomic E-state index is 0.303. The number of hydrogen-bond donors (Lipinski definition) is 0. The van der Waals surface area contributed by atoms with Gasteiger partial charge >= 0.3 is 5.97 Å². The number of rotatable bonds is 4. The molecular formula is C11H10Br2Cl2O2. The van der Waals surface area contributed by atoms with Crippen molar-refractivity contribution in [2.45, 2.75) is 18.2 Å². The Hall–Kier alpha value is 0.230. The van der Waals surface area contributed by atoms with Gasteiger partial charge in [0.15, 0.2) is 0 Å². The molecule has 0 radical (unpaired) electrons. The zero-order valence-corrected chi connectivity index (χ0v) is 13.7. The molecule has 0 aromatic heterocycles. The fourth-order valence-electron chi connectivity index (χ4n) is 1.23. The van der Waals surface area contributed by atoms with E-state index in [9.17, 15) is 4.79 Å². The van der Waals surface area contributed by atoms with Crippen LogP contribution in [0.3, 0.4) is 0 Å². The average Bonchev–Trinajstić information content (AvgIpc) is 2.30. The summed E-state index contributed by atoms with van der Waals surface area (Å²) in [5.74, 6) is -0.303. The molecular weight excluding hydrogens is 395 g/mol. The first-order valence-corrected chi connectivity index (χ1v) is 7.36. The molecule has 94 valence electrons. The highest BCUT2D eigenvalue weighted by molar-refractivity contribution is 9.10. The molecule has 0 N–H and O–H groups in total. The zero-order chi connectivity index (χ0) is 13.0. The lowest BCUT2D eigenvalue weighted by atomic mass is 10.1. The summed E-state index contributed by atoms with van der Waals surface area (Å²) < 4.78 is 5.63.